The van der Waals surface area contributed by atoms with Crippen LogP contribution in [-0.2, 0) is 16.1 Å². The number of carbonyl (C=O) groups excluding carboxylic acids is 1. The molecule has 1 atom stereocenters. The lowest BCUT2D eigenvalue weighted by Crippen LogP contribution is -2.37. The van der Waals surface area contributed by atoms with Crippen LogP contribution in [0.4, 0.5) is 0 Å². The highest BCUT2D eigenvalue weighted by atomic mass is 16.5. The van der Waals surface area contributed by atoms with Crippen LogP contribution in [0.25, 0.3) is 0 Å². The van der Waals surface area contributed by atoms with Gasteiger partial charge in [-0.25, -0.2) is 4.79 Å². The van der Waals surface area contributed by atoms with Crippen molar-refractivity contribution in [3.63, 3.8) is 0 Å². The number of nitrogens with one attached hydrogen (secondary N) is 1. The second-order valence-electron chi connectivity index (χ2n) is 6.15. The van der Waals surface area contributed by atoms with Crippen molar-refractivity contribution in [2.45, 2.75) is 19.9 Å². The van der Waals surface area contributed by atoms with Gasteiger partial charge < -0.3 is 15.2 Å². The third-order valence-corrected chi connectivity index (χ3v) is 4.08. The Labute approximate surface area is 136 Å². The average Bonchev–Trinajstić information content (AvgIpc) is 2.98. The van der Waals surface area contributed by atoms with E-state index in [2.05, 4.69) is 5.32 Å². The van der Waals surface area contributed by atoms with Gasteiger partial charge in [0.1, 0.15) is 0 Å². The fraction of sp³-hybridized carbons (Fsp3) is 0.529. The van der Waals surface area contributed by atoms with Crippen LogP contribution in [0, 0.1) is 12.8 Å². The smallest absolute Gasteiger partial charge is 0.335 e. The Hall–Kier alpha value is -1.92. The molecule has 0 aromatic heterocycles. The third kappa shape index (κ3) is 5.33. The molecule has 0 bridgehead atoms. The number of carbonyl (C=O) groups is 2. The van der Waals surface area contributed by atoms with Crippen molar-refractivity contribution >= 4 is 11.9 Å². The summed E-state index contributed by atoms with van der Waals surface area (Å²) in [5.74, 6) is -0.523. The van der Waals surface area contributed by atoms with Crippen LogP contribution in [0.1, 0.15) is 27.9 Å². The van der Waals surface area contributed by atoms with E-state index in [1.54, 1.807) is 18.2 Å². The molecule has 2 rings (SSSR count). The van der Waals surface area contributed by atoms with Gasteiger partial charge in [-0.05, 0) is 49.6 Å². The molecule has 1 heterocycles. The molecule has 1 aromatic carbocycles. The highest BCUT2D eigenvalue weighted by Gasteiger charge is 2.18. The first-order valence-corrected chi connectivity index (χ1v) is 7.81. The maximum absolute atomic E-state index is 12.0. The lowest BCUT2D eigenvalue weighted by Gasteiger charge is -2.19. The molecular formula is C17H24N2O4. The highest BCUT2D eigenvalue weighted by Crippen LogP contribution is 2.13. The molecule has 23 heavy (non-hydrogen) atoms. The van der Waals surface area contributed by atoms with Crippen LogP contribution < -0.4 is 5.32 Å². The molecule has 2 N–H and O–H groups in total. The van der Waals surface area contributed by atoms with E-state index in [0.717, 1.165) is 37.3 Å². The number of aromatic carboxylic acids is 1. The van der Waals surface area contributed by atoms with E-state index in [1.165, 1.54) is 0 Å². The van der Waals surface area contributed by atoms with E-state index in [1.807, 2.05) is 18.9 Å². The molecule has 0 spiro atoms. The lowest BCUT2D eigenvalue weighted by molar-refractivity contribution is -0.122. The number of likely N-dealkylation sites (N-methyl/N-ethyl adjacent to an activating group) is 1. The summed E-state index contributed by atoms with van der Waals surface area (Å²) >= 11 is 0. The van der Waals surface area contributed by atoms with Crippen molar-refractivity contribution < 1.29 is 19.4 Å². The zero-order valence-electron chi connectivity index (χ0n) is 13.7. The predicted molar refractivity (Wildman–Crippen MR) is 86.4 cm³/mol. The second-order valence-corrected chi connectivity index (χ2v) is 6.15. The van der Waals surface area contributed by atoms with E-state index in [0.29, 0.717) is 19.0 Å². The van der Waals surface area contributed by atoms with Gasteiger partial charge in [0.15, 0.2) is 0 Å². The van der Waals surface area contributed by atoms with Gasteiger partial charge in [0.2, 0.25) is 5.91 Å². The van der Waals surface area contributed by atoms with Gasteiger partial charge in [-0.3, -0.25) is 9.69 Å². The molecule has 6 heteroatoms. The van der Waals surface area contributed by atoms with Crippen LogP contribution in [0.2, 0.25) is 0 Å². The van der Waals surface area contributed by atoms with Crippen molar-refractivity contribution in [1.29, 1.82) is 0 Å². The summed E-state index contributed by atoms with van der Waals surface area (Å²) in [5, 5.41) is 11.9. The number of benzene rings is 1. The maximum Gasteiger partial charge on any atom is 0.335 e. The van der Waals surface area contributed by atoms with Gasteiger partial charge in [0.25, 0.3) is 0 Å². The van der Waals surface area contributed by atoms with Crippen LogP contribution in [0.3, 0.4) is 0 Å². The molecule has 1 aliphatic rings. The van der Waals surface area contributed by atoms with Gasteiger partial charge in [-0.2, -0.15) is 0 Å². The first kappa shape index (κ1) is 17.4. The van der Waals surface area contributed by atoms with Gasteiger partial charge in [-0.15, -0.1) is 0 Å². The van der Waals surface area contributed by atoms with Gasteiger partial charge in [-0.1, -0.05) is 6.07 Å². The van der Waals surface area contributed by atoms with Crippen LogP contribution in [0.15, 0.2) is 18.2 Å². The van der Waals surface area contributed by atoms with E-state index in [4.69, 9.17) is 9.84 Å². The normalized spacial score (nSPS) is 17.4. The van der Waals surface area contributed by atoms with Crippen molar-refractivity contribution in [1.82, 2.24) is 10.2 Å². The van der Waals surface area contributed by atoms with Crippen molar-refractivity contribution in [3.05, 3.63) is 34.9 Å². The van der Waals surface area contributed by atoms with Crippen molar-refractivity contribution in [2.75, 3.05) is 33.4 Å². The Balaban J connectivity index is 1.81. The van der Waals surface area contributed by atoms with Crippen LogP contribution >= 0.6 is 0 Å². The minimum Gasteiger partial charge on any atom is -0.478 e. The summed E-state index contributed by atoms with van der Waals surface area (Å²) in [5.41, 5.74) is 2.02. The molecule has 6 nitrogen and oxygen atoms in total. The zero-order valence-corrected chi connectivity index (χ0v) is 13.7. The van der Waals surface area contributed by atoms with Gasteiger partial charge in [0, 0.05) is 19.7 Å². The Morgan fingerprint density at radius 1 is 1.43 bits per heavy atom. The Bertz CT molecular complexity index is 568. The summed E-state index contributed by atoms with van der Waals surface area (Å²) in [6.45, 7) is 5.00. The molecule has 1 amide bonds. The molecule has 126 valence electrons. The summed E-state index contributed by atoms with van der Waals surface area (Å²) < 4.78 is 5.34. The minimum absolute atomic E-state index is 0.0634. The standard InChI is InChI=1S/C17H24N2O4/c1-12-3-4-14(17(21)22)7-15(12)8-18-16(20)10-19(2)9-13-5-6-23-11-13/h3-4,7,13H,5-6,8-11H2,1-2H3,(H,18,20)(H,21,22). The summed E-state index contributed by atoms with van der Waals surface area (Å²) in [7, 11) is 1.92. The first-order chi connectivity index (χ1) is 11.0. The fourth-order valence-electron chi connectivity index (χ4n) is 2.72. The Kier molecular flexibility index (Phi) is 6.12. The number of carboxylic acid groups (broad SMARTS) is 1. The number of rotatable bonds is 7. The maximum atomic E-state index is 12.0. The average molecular weight is 320 g/mol. The van der Waals surface area contributed by atoms with E-state index < -0.39 is 5.97 Å². The number of hydrogen-bond donors (Lipinski definition) is 2. The molecule has 1 unspecified atom stereocenters. The molecule has 0 radical (unpaired) electrons. The summed E-state index contributed by atoms with van der Waals surface area (Å²) in [6, 6.07) is 4.94. The number of hydrogen-bond acceptors (Lipinski definition) is 4. The number of ether oxygens (including phenoxy) is 1. The number of aryl methyl sites for hydroxylation is 1. The van der Waals surface area contributed by atoms with E-state index >= 15 is 0 Å². The number of carboxylic acids is 1. The van der Waals surface area contributed by atoms with Gasteiger partial charge in [0.05, 0.1) is 18.7 Å². The monoisotopic (exact) mass is 320 g/mol. The quantitative estimate of drug-likeness (QED) is 0.791. The topological polar surface area (TPSA) is 78.9 Å². The fourth-order valence-corrected chi connectivity index (χ4v) is 2.72. The SMILES string of the molecule is Cc1ccc(C(=O)O)cc1CNC(=O)CN(C)CC1CCOC1. The minimum atomic E-state index is -0.962. The number of nitrogens with zero attached hydrogens (tertiary/aromatic N) is 1. The lowest BCUT2D eigenvalue weighted by atomic mass is 10.0. The molecule has 0 saturated carbocycles. The Morgan fingerprint density at radius 2 is 2.22 bits per heavy atom. The molecule has 0 aliphatic carbocycles. The summed E-state index contributed by atoms with van der Waals surface area (Å²) in [6.07, 6.45) is 1.05. The largest absolute Gasteiger partial charge is 0.478 e. The molecule has 1 aliphatic heterocycles. The Morgan fingerprint density at radius 3 is 2.87 bits per heavy atom. The van der Waals surface area contributed by atoms with Gasteiger partial charge >= 0.3 is 5.97 Å². The number of amides is 1. The van der Waals surface area contributed by atoms with E-state index in [9.17, 15) is 9.59 Å². The molecule has 1 fully saturated rings. The van der Waals surface area contributed by atoms with Crippen LogP contribution in [0.5, 0.6) is 0 Å². The van der Waals surface area contributed by atoms with Crippen molar-refractivity contribution in [2.24, 2.45) is 5.92 Å². The highest BCUT2D eigenvalue weighted by molar-refractivity contribution is 5.88. The molecular weight excluding hydrogens is 296 g/mol. The zero-order chi connectivity index (χ0) is 16.8. The molecule has 1 saturated heterocycles. The first-order valence-electron chi connectivity index (χ1n) is 7.81. The molecule has 1 aromatic rings. The summed E-state index contributed by atoms with van der Waals surface area (Å²) in [4.78, 5) is 25.0. The van der Waals surface area contributed by atoms with E-state index in [-0.39, 0.29) is 11.5 Å². The second kappa shape index (κ2) is 8.08. The van der Waals surface area contributed by atoms with Crippen molar-refractivity contribution in [3.8, 4) is 0 Å². The van der Waals surface area contributed by atoms with Crippen LogP contribution in [-0.4, -0.2) is 55.2 Å². The predicted octanol–water partition coefficient (Wildman–Crippen LogP) is 1.28. The third-order valence-electron chi connectivity index (χ3n) is 4.08.